The first-order valence-electron chi connectivity index (χ1n) is 8.32. The maximum atomic E-state index is 11.4. The third-order valence-electron chi connectivity index (χ3n) is 3.44. The summed E-state index contributed by atoms with van der Waals surface area (Å²) in [6, 6.07) is 0. The number of esters is 1. The van der Waals surface area contributed by atoms with Crippen LogP contribution in [0.5, 0.6) is 0 Å². The molecule has 0 saturated heterocycles. The van der Waals surface area contributed by atoms with Crippen molar-refractivity contribution >= 4 is 5.97 Å². The molecule has 2 nitrogen and oxygen atoms in total. The van der Waals surface area contributed by atoms with E-state index in [2.05, 4.69) is 20.8 Å². The van der Waals surface area contributed by atoms with E-state index in [1.54, 1.807) is 0 Å². The molecule has 0 unspecified atom stereocenters. The zero-order chi connectivity index (χ0) is 14.3. The van der Waals surface area contributed by atoms with E-state index < -0.39 is 0 Å². The van der Waals surface area contributed by atoms with Crippen molar-refractivity contribution in [3.63, 3.8) is 0 Å². The second kappa shape index (κ2) is 13.9. The molecule has 0 saturated carbocycles. The molecule has 0 aliphatic carbocycles. The van der Waals surface area contributed by atoms with Gasteiger partial charge in [-0.3, -0.25) is 4.79 Å². The van der Waals surface area contributed by atoms with Crippen LogP contribution in [0.2, 0.25) is 0 Å². The fourth-order valence-electron chi connectivity index (χ4n) is 2.06. The molecule has 0 heterocycles. The minimum absolute atomic E-state index is 0.0106. The lowest BCUT2D eigenvalue weighted by molar-refractivity contribution is -0.144. The van der Waals surface area contributed by atoms with E-state index in [1.807, 2.05) is 0 Å². The molecule has 0 aromatic rings. The molecule has 0 amide bonds. The van der Waals surface area contributed by atoms with Crippen LogP contribution >= 0.6 is 0 Å². The van der Waals surface area contributed by atoms with Crippen LogP contribution in [0.25, 0.3) is 0 Å². The summed E-state index contributed by atoms with van der Waals surface area (Å²) in [7, 11) is 0. The molecule has 0 aromatic heterocycles. The Morgan fingerprint density at radius 2 is 1.42 bits per heavy atom. The fourth-order valence-corrected chi connectivity index (χ4v) is 2.06. The lowest BCUT2D eigenvalue weighted by Gasteiger charge is -2.06. The van der Waals surface area contributed by atoms with Gasteiger partial charge in [0.1, 0.15) is 0 Å². The third-order valence-corrected chi connectivity index (χ3v) is 3.44. The second-order valence-corrected chi connectivity index (χ2v) is 5.98. The van der Waals surface area contributed by atoms with Crippen LogP contribution in [-0.2, 0) is 9.53 Å². The zero-order valence-electron chi connectivity index (χ0n) is 13.4. The fraction of sp³-hybridized carbons (Fsp3) is 0.941. The van der Waals surface area contributed by atoms with E-state index in [-0.39, 0.29) is 5.97 Å². The summed E-state index contributed by atoms with van der Waals surface area (Å²) >= 11 is 0. The van der Waals surface area contributed by atoms with Crippen molar-refractivity contribution in [2.75, 3.05) is 6.61 Å². The Morgan fingerprint density at radius 1 is 0.895 bits per heavy atom. The largest absolute Gasteiger partial charge is 0.466 e. The normalized spacial score (nSPS) is 10.9. The smallest absolute Gasteiger partial charge is 0.305 e. The highest BCUT2D eigenvalue weighted by atomic mass is 16.5. The van der Waals surface area contributed by atoms with Crippen LogP contribution in [0, 0.1) is 5.92 Å². The predicted molar refractivity (Wildman–Crippen MR) is 82.3 cm³/mol. The Bertz CT molecular complexity index is 199. The average molecular weight is 270 g/mol. The molecule has 0 spiro atoms. The van der Waals surface area contributed by atoms with Gasteiger partial charge in [0.05, 0.1) is 6.61 Å². The minimum Gasteiger partial charge on any atom is -0.466 e. The maximum Gasteiger partial charge on any atom is 0.305 e. The Hall–Kier alpha value is -0.530. The summed E-state index contributed by atoms with van der Waals surface area (Å²) in [5, 5.41) is 0. The van der Waals surface area contributed by atoms with E-state index in [4.69, 9.17) is 4.74 Å². The Morgan fingerprint density at radius 3 is 1.95 bits per heavy atom. The third kappa shape index (κ3) is 15.4. The molecule has 0 aromatic carbocycles. The molecule has 0 fully saturated rings. The summed E-state index contributed by atoms with van der Waals surface area (Å²) in [6.45, 7) is 7.14. The lowest BCUT2D eigenvalue weighted by atomic mass is 10.1. The number of ether oxygens (including phenoxy) is 1. The van der Waals surface area contributed by atoms with Crippen LogP contribution in [-0.4, -0.2) is 12.6 Å². The zero-order valence-corrected chi connectivity index (χ0v) is 13.4. The van der Waals surface area contributed by atoms with Gasteiger partial charge in [-0.15, -0.1) is 0 Å². The van der Waals surface area contributed by atoms with E-state index in [0.717, 1.165) is 12.8 Å². The van der Waals surface area contributed by atoms with Crippen LogP contribution in [0.3, 0.4) is 0 Å². The Balaban J connectivity index is 3.14. The van der Waals surface area contributed by atoms with Crippen molar-refractivity contribution in [3.8, 4) is 0 Å². The predicted octanol–water partition coefficient (Wildman–Crippen LogP) is 5.50. The number of carbonyl (C=O) groups is 1. The summed E-state index contributed by atoms with van der Waals surface area (Å²) in [5.74, 6) is 0.601. The van der Waals surface area contributed by atoms with Crippen molar-refractivity contribution in [3.05, 3.63) is 0 Å². The molecule has 19 heavy (non-hydrogen) atoms. The number of carbonyl (C=O) groups excluding carboxylic acids is 1. The van der Waals surface area contributed by atoms with Gasteiger partial charge in [-0.1, -0.05) is 72.1 Å². The van der Waals surface area contributed by atoms with Crippen molar-refractivity contribution < 1.29 is 9.53 Å². The average Bonchev–Trinajstić information content (AvgIpc) is 2.36. The first-order valence-corrected chi connectivity index (χ1v) is 8.32. The van der Waals surface area contributed by atoms with E-state index in [9.17, 15) is 4.79 Å². The van der Waals surface area contributed by atoms with E-state index in [1.165, 1.54) is 51.4 Å². The van der Waals surface area contributed by atoms with Gasteiger partial charge in [0, 0.05) is 6.42 Å². The van der Waals surface area contributed by atoms with Gasteiger partial charge in [0.25, 0.3) is 0 Å². The number of rotatable bonds is 13. The number of hydrogen-bond acceptors (Lipinski definition) is 2. The van der Waals surface area contributed by atoms with Gasteiger partial charge in [0.2, 0.25) is 0 Å². The van der Waals surface area contributed by atoms with Gasteiger partial charge in [-0.25, -0.2) is 0 Å². The highest BCUT2D eigenvalue weighted by Crippen LogP contribution is 2.11. The van der Waals surface area contributed by atoms with Crippen molar-refractivity contribution in [1.82, 2.24) is 0 Å². The summed E-state index contributed by atoms with van der Waals surface area (Å²) in [5.41, 5.74) is 0. The molecular formula is C17H34O2. The summed E-state index contributed by atoms with van der Waals surface area (Å²) in [6.07, 6.45) is 13.2. The van der Waals surface area contributed by atoms with Gasteiger partial charge in [-0.2, -0.15) is 0 Å². The van der Waals surface area contributed by atoms with E-state index >= 15 is 0 Å². The monoisotopic (exact) mass is 270 g/mol. The minimum atomic E-state index is -0.0106. The molecule has 0 aliphatic rings. The molecule has 0 radical (unpaired) electrons. The molecule has 0 N–H and O–H groups in total. The molecule has 0 atom stereocenters. The van der Waals surface area contributed by atoms with Gasteiger partial charge in [-0.05, 0) is 18.8 Å². The first kappa shape index (κ1) is 18.5. The summed E-state index contributed by atoms with van der Waals surface area (Å²) in [4.78, 5) is 11.4. The Labute approximate surface area is 120 Å². The topological polar surface area (TPSA) is 26.3 Å². The second-order valence-electron chi connectivity index (χ2n) is 5.98. The quantitative estimate of drug-likeness (QED) is 0.326. The molecule has 0 rings (SSSR count). The molecule has 114 valence electrons. The summed E-state index contributed by atoms with van der Waals surface area (Å²) < 4.78 is 5.19. The van der Waals surface area contributed by atoms with Crippen molar-refractivity contribution in [1.29, 1.82) is 0 Å². The maximum absolute atomic E-state index is 11.4. The molecule has 2 heteroatoms. The molecular weight excluding hydrogens is 236 g/mol. The van der Waals surface area contributed by atoms with Gasteiger partial charge in [0.15, 0.2) is 0 Å². The van der Waals surface area contributed by atoms with E-state index in [0.29, 0.717) is 18.9 Å². The van der Waals surface area contributed by atoms with Crippen LogP contribution in [0.15, 0.2) is 0 Å². The SMILES string of the molecule is CCCCCCCCCCCC(=O)OCCC(C)C. The van der Waals surface area contributed by atoms with Crippen molar-refractivity contribution in [2.45, 2.75) is 91.4 Å². The van der Waals surface area contributed by atoms with Gasteiger partial charge >= 0.3 is 5.97 Å². The standard InChI is InChI=1S/C17H34O2/c1-4-5-6-7-8-9-10-11-12-13-17(18)19-15-14-16(2)3/h16H,4-15H2,1-3H3. The number of unbranched alkanes of at least 4 members (excludes halogenated alkanes) is 8. The number of hydrogen-bond donors (Lipinski definition) is 0. The highest BCUT2D eigenvalue weighted by molar-refractivity contribution is 5.69. The first-order chi connectivity index (χ1) is 9.16. The highest BCUT2D eigenvalue weighted by Gasteiger charge is 2.03. The molecule has 0 aliphatic heterocycles. The Kier molecular flexibility index (Phi) is 13.5. The van der Waals surface area contributed by atoms with Crippen LogP contribution in [0.4, 0.5) is 0 Å². The molecule has 0 bridgehead atoms. The lowest BCUT2D eigenvalue weighted by Crippen LogP contribution is -2.07. The van der Waals surface area contributed by atoms with Gasteiger partial charge < -0.3 is 4.74 Å². The van der Waals surface area contributed by atoms with Crippen LogP contribution < -0.4 is 0 Å². The van der Waals surface area contributed by atoms with Crippen LogP contribution in [0.1, 0.15) is 91.4 Å². The van der Waals surface area contributed by atoms with Crippen molar-refractivity contribution in [2.24, 2.45) is 5.92 Å².